The lowest BCUT2D eigenvalue weighted by molar-refractivity contribution is 0.0810. The van der Waals surface area contributed by atoms with Crippen LogP contribution in [0.5, 0.6) is 0 Å². The summed E-state index contributed by atoms with van der Waals surface area (Å²) in [6, 6.07) is 0. The number of β-amino-alcohol motifs (C(OH)–C–C–N with tert-alkyl or cyclic N) is 1. The highest BCUT2D eigenvalue weighted by Crippen LogP contribution is 2.29. The fourth-order valence-corrected chi connectivity index (χ4v) is 1.89. The largest absolute Gasteiger partial charge is 0.391 e. The van der Waals surface area contributed by atoms with E-state index >= 15 is 0 Å². The summed E-state index contributed by atoms with van der Waals surface area (Å²) >= 11 is 3.29. The van der Waals surface area contributed by atoms with Gasteiger partial charge in [-0.3, -0.25) is 0 Å². The maximum atomic E-state index is 9.45. The van der Waals surface area contributed by atoms with E-state index in [0.717, 1.165) is 19.6 Å². The zero-order chi connectivity index (χ0) is 9.90. The third-order valence-corrected chi connectivity index (χ3v) is 3.60. The third kappa shape index (κ3) is 3.96. The lowest BCUT2D eigenvalue weighted by Gasteiger charge is -2.37. The molecule has 0 aromatic heterocycles. The fourth-order valence-electron chi connectivity index (χ4n) is 1.69. The molecule has 0 radical (unpaired) electrons. The summed E-state index contributed by atoms with van der Waals surface area (Å²) < 4.78 is 0. The normalized spacial score (nSPS) is 25.8. The predicted molar refractivity (Wildman–Crippen MR) is 59.3 cm³/mol. The first-order chi connectivity index (χ1) is 6.03. The second kappa shape index (κ2) is 4.76. The van der Waals surface area contributed by atoms with Gasteiger partial charge >= 0.3 is 0 Å². The van der Waals surface area contributed by atoms with Gasteiger partial charge in [0.1, 0.15) is 0 Å². The second-order valence-corrected chi connectivity index (χ2v) is 5.42. The number of rotatable bonds is 3. The molecular formula is C10H20BrNO. The van der Waals surface area contributed by atoms with Crippen molar-refractivity contribution < 1.29 is 5.11 Å². The van der Waals surface area contributed by atoms with E-state index in [1.165, 1.54) is 12.8 Å². The van der Waals surface area contributed by atoms with Crippen molar-refractivity contribution in [2.75, 3.05) is 25.0 Å². The molecule has 0 spiro atoms. The molecule has 1 aliphatic heterocycles. The highest BCUT2D eigenvalue weighted by atomic mass is 79.9. The Morgan fingerprint density at radius 2 is 1.92 bits per heavy atom. The summed E-state index contributed by atoms with van der Waals surface area (Å²) in [5.41, 5.74) is 0.510. The summed E-state index contributed by atoms with van der Waals surface area (Å²) in [5, 5.41) is 10.1. The number of hydrogen-bond acceptors (Lipinski definition) is 2. The highest BCUT2D eigenvalue weighted by molar-refractivity contribution is 9.09. The van der Waals surface area contributed by atoms with Crippen LogP contribution < -0.4 is 0 Å². The number of hydrogen-bond donors (Lipinski definition) is 1. The molecular weight excluding hydrogens is 230 g/mol. The molecule has 1 saturated heterocycles. The molecule has 0 aromatic rings. The third-order valence-electron chi connectivity index (χ3n) is 2.86. The van der Waals surface area contributed by atoms with E-state index in [1.807, 2.05) is 0 Å². The maximum Gasteiger partial charge on any atom is 0.0763 e. The van der Waals surface area contributed by atoms with Crippen molar-refractivity contribution in [3.8, 4) is 0 Å². The predicted octanol–water partition coefficient (Wildman–Crippen LogP) is 1.86. The Labute approximate surface area is 89.4 Å². The molecule has 0 bridgehead atoms. The van der Waals surface area contributed by atoms with Crippen LogP contribution in [-0.2, 0) is 0 Å². The van der Waals surface area contributed by atoms with Gasteiger partial charge in [-0.1, -0.05) is 29.8 Å². The van der Waals surface area contributed by atoms with Gasteiger partial charge in [0.15, 0.2) is 0 Å². The number of alkyl halides is 1. The van der Waals surface area contributed by atoms with Gasteiger partial charge in [0, 0.05) is 11.9 Å². The number of halogens is 1. The molecule has 13 heavy (non-hydrogen) atoms. The van der Waals surface area contributed by atoms with Crippen LogP contribution in [0, 0.1) is 5.41 Å². The first-order valence-corrected chi connectivity index (χ1v) is 6.12. The highest BCUT2D eigenvalue weighted by Gasteiger charge is 2.25. The van der Waals surface area contributed by atoms with E-state index in [-0.39, 0.29) is 6.10 Å². The summed E-state index contributed by atoms with van der Waals surface area (Å²) in [5.74, 6) is 0. The van der Waals surface area contributed by atoms with Crippen molar-refractivity contribution >= 4 is 15.9 Å². The molecule has 1 heterocycles. The molecule has 0 aromatic carbocycles. The quantitative estimate of drug-likeness (QED) is 0.773. The lowest BCUT2D eigenvalue weighted by Crippen LogP contribution is -2.41. The van der Waals surface area contributed by atoms with Crippen molar-refractivity contribution in [3.05, 3.63) is 0 Å². The van der Waals surface area contributed by atoms with E-state index in [0.29, 0.717) is 10.7 Å². The van der Waals surface area contributed by atoms with Crippen molar-refractivity contribution in [3.63, 3.8) is 0 Å². The molecule has 3 heteroatoms. The molecule has 1 rings (SSSR count). The number of likely N-dealkylation sites (tertiary alicyclic amines) is 1. The van der Waals surface area contributed by atoms with Crippen LogP contribution in [-0.4, -0.2) is 41.1 Å². The average molecular weight is 250 g/mol. The molecule has 1 N–H and O–H groups in total. The molecule has 1 unspecified atom stereocenters. The first-order valence-electron chi connectivity index (χ1n) is 5.00. The number of aliphatic hydroxyl groups excluding tert-OH is 1. The number of aliphatic hydroxyl groups is 1. The Morgan fingerprint density at radius 1 is 1.38 bits per heavy atom. The standard InChI is InChI=1S/C10H20BrNO/c1-10(2)3-5-12(6-4-10)8-9(13)7-11/h9,13H,3-8H2,1-2H3. The van der Waals surface area contributed by atoms with Crippen LogP contribution in [0.1, 0.15) is 26.7 Å². The van der Waals surface area contributed by atoms with Gasteiger partial charge in [-0.25, -0.2) is 0 Å². The Kier molecular flexibility index (Phi) is 4.20. The van der Waals surface area contributed by atoms with Crippen LogP contribution in [0.4, 0.5) is 0 Å². The van der Waals surface area contributed by atoms with Gasteiger partial charge in [0.25, 0.3) is 0 Å². The average Bonchev–Trinajstić information content (AvgIpc) is 2.08. The Bertz CT molecular complexity index is 151. The fraction of sp³-hybridized carbons (Fsp3) is 1.00. The topological polar surface area (TPSA) is 23.5 Å². The van der Waals surface area contributed by atoms with Gasteiger partial charge in [-0.05, 0) is 31.3 Å². The Balaban J connectivity index is 2.25. The van der Waals surface area contributed by atoms with Gasteiger partial charge in [0.05, 0.1) is 6.10 Å². The smallest absolute Gasteiger partial charge is 0.0763 e. The van der Waals surface area contributed by atoms with Gasteiger partial charge < -0.3 is 10.0 Å². The van der Waals surface area contributed by atoms with E-state index in [1.54, 1.807) is 0 Å². The van der Waals surface area contributed by atoms with Gasteiger partial charge in [0.2, 0.25) is 0 Å². The summed E-state index contributed by atoms with van der Waals surface area (Å²) in [4.78, 5) is 2.36. The van der Waals surface area contributed by atoms with Gasteiger partial charge in [-0.15, -0.1) is 0 Å². The zero-order valence-corrected chi connectivity index (χ0v) is 10.2. The van der Waals surface area contributed by atoms with Gasteiger partial charge in [-0.2, -0.15) is 0 Å². The van der Waals surface area contributed by atoms with Crippen LogP contribution in [0.3, 0.4) is 0 Å². The summed E-state index contributed by atoms with van der Waals surface area (Å²) in [6.45, 7) is 7.74. The second-order valence-electron chi connectivity index (χ2n) is 4.77. The minimum atomic E-state index is -0.207. The minimum Gasteiger partial charge on any atom is -0.391 e. The molecule has 0 saturated carbocycles. The first kappa shape index (κ1) is 11.5. The summed E-state index contributed by atoms with van der Waals surface area (Å²) in [7, 11) is 0. The van der Waals surface area contributed by atoms with E-state index < -0.39 is 0 Å². The molecule has 0 aliphatic carbocycles. The number of piperidine rings is 1. The number of nitrogens with zero attached hydrogens (tertiary/aromatic N) is 1. The van der Waals surface area contributed by atoms with E-state index in [9.17, 15) is 5.11 Å². The Hall–Kier alpha value is 0.400. The molecule has 1 atom stereocenters. The van der Waals surface area contributed by atoms with Crippen molar-refractivity contribution in [1.29, 1.82) is 0 Å². The molecule has 1 aliphatic rings. The Morgan fingerprint density at radius 3 is 2.38 bits per heavy atom. The van der Waals surface area contributed by atoms with Crippen molar-refractivity contribution in [2.24, 2.45) is 5.41 Å². The maximum absolute atomic E-state index is 9.45. The monoisotopic (exact) mass is 249 g/mol. The van der Waals surface area contributed by atoms with Crippen LogP contribution in [0.25, 0.3) is 0 Å². The van der Waals surface area contributed by atoms with E-state index in [2.05, 4.69) is 34.7 Å². The summed E-state index contributed by atoms with van der Waals surface area (Å²) in [6.07, 6.45) is 2.30. The molecule has 2 nitrogen and oxygen atoms in total. The van der Waals surface area contributed by atoms with Crippen molar-refractivity contribution in [2.45, 2.75) is 32.8 Å². The molecule has 0 amide bonds. The van der Waals surface area contributed by atoms with Crippen LogP contribution in [0.2, 0.25) is 0 Å². The zero-order valence-electron chi connectivity index (χ0n) is 8.59. The lowest BCUT2D eigenvalue weighted by atomic mass is 9.82. The van der Waals surface area contributed by atoms with Crippen LogP contribution in [0.15, 0.2) is 0 Å². The molecule has 1 fully saturated rings. The minimum absolute atomic E-state index is 0.207. The van der Waals surface area contributed by atoms with E-state index in [4.69, 9.17) is 0 Å². The SMILES string of the molecule is CC1(C)CCN(CC(O)CBr)CC1. The van der Waals surface area contributed by atoms with Crippen LogP contribution >= 0.6 is 15.9 Å². The van der Waals surface area contributed by atoms with Crippen molar-refractivity contribution in [1.82, 2.24) is 4.90 Å². The molecule has 78 valence electrons.